The van der Waals surface area contributed by atoms with Gasteiger partial charge in [0, 0.05) is 6.04 Å². The van der Waals surface area contributed by atoms with E-state index >= 15 is 0 Å². The molecular formula is C16H23NO2. The van der Waals surface area contributed by atoms with E-state index in [2.05, 4.69) is 31.3 Å². The van der Waals surface area contributed by atoms with Gasteiger partial charge in [0.15, 0.2) is 11.5 Å². The van der Waals surface area contributed by atoms with Crippen LogP contribution in [-0.4, -0.2) is 19.8 Å². The molecule has 104 valence electrons. The summed E-state index contributed by atoms with van der Waals surface area (Å²) in [6.07, 6.45) is 3.82. The molecule has 0 radical (unpaired) electrons. The van der Waals surface area contributed by atoms with Gasteiger partial charge >= 0.3 is 0 Å². The zero-order chi connectivity index (χ0) is 13.2. The molecule has 1 aromatic rings. The van der Waals surface area contributed by atoms with Gasteiger partial charge in [0.1, 0.15) is 13.2 Å². The van der Waals surface area contributed by atoms with Gasteiger partial charge in [0.25, 0.3) is 0 Å². The van der Waals surface area contributed by atoms with E-state index in [1.54, 1.807) is 0 Å². The van der Waals surface area contributed by atoms with Crippen LogP contribution in [0.1, 0.15) is 56.2 Å². The molecule has 2 aliphatic rings. The smallest absolute Gasteiger partial charge is 0.161 e. The molecule has 1 N–H and O–H groups in total. The minimum atomic E-state index is 0.474. The number of benzene rings is 1. The van der Waals surface area contributed by atoms with Crippen LogP contribution in [0.25, 0.3) is 0 Å². The summed E-state index contributed by atoms with van der Waals surface area (Å²) in [5, 5.41) is 3.64. The molecule has 1 saturated heterocycles. The van der Waals surface area contributed by atoms with Crippen LogP contribution < -0.4 is 14.8 Å². The SMILES string of the molecule is CC(C)c1cc2c(cc1C1CCCCN1)OCCO2. The van der Waals surface area contributed by atoms with Gasteiger partial charge in [-0.15, -0.1) is 0 Å². The van der Waals surface area contributed by atoms with Crippen molar-refractivity contribution in [3.63, 3.8) is 0 Å². The first-order chi connectivity index (χ1) is 9.25. The molecule has 2 heterocycles. The molecule has 2 aliphatic heterocycles. The molecule has 19 heavy (non-hydrogen) atoms. The predicted octanol–water partition coefficient (Wildman–Crippen LogP) is 3.40. The maximum Gasteiger partial charge on any atom is 0.161 e. The van der Waals surface area contributed by atoms with E-state index in [0.717, 1.165) is 18.0 Å². The molecule has 1 fully saturated rings. The quantitative estimate of drug-likeness (QED) is 0.885. The molecule has 3 nitrogen and oxygen atoms in total. The minimum absolute atomic E-state index is 0.474. The fraction of sp³-hybridized carbons (Fsp3) is 0.625. The maximum absolute atomic E-state index is 5.74. The van der Waals surface area contributed by atoms with Crippen LogP contribution in [0.5, 0.6) is 11.5 Å². The first-order valence-electron chi connectivity index (χ1n) is 7.42. The molecule has 0 spiro atoms. The van der Waals surface area contributed by atoms with E-state index in [4.69, 9.17) is 9.47 Å². The van der Waals surface area contributed by atoms with Crippen molar-refractivity contribution < 1.29 is 9.47 Å². The first kappa shape index (κ1) is 12.8. The monoisotopic (exact) mass is 261 g/mol. The van der Waals surface area contributed by atoms with Crippen LogP contribution in [-0.2, 0) is 0 Å². The Morgan fingerprint density at radius 2 is 1.84 bits per heavy atom. The molecule has 0 saturated carbocycles. The third-order valence-corrected chi connectivity index (χ3v) is 4.06. The first-order valence-corrected chi connectivity index (χ1v) is 7.42. The normalized spacial score (nSPS) is 22.6. The maximum atomic E-state index is 5.74. The van der Waals surface area contributed by atoms with Crippen LogP contribution in [0.15, 0.2) is 12.1 Å². The average molecular weight is 261 g/mol. The van der Waals surface area contributed by atoms with Crippen LogP contribution in [0, 0.1) is 0 Å². The van der Waals surface area contributed by atoms with E-state index < -0.39 is 0 Å². The number of fused-ring (bicyclic) bond motifs is 1. The summed E-state index contributed by atoms with van der Waals surface area (Å²) in [6.45, 7) is 6.93. The van der Waals surface area contributed by atoms with Crippen molar-refractivity contribution >= 4 is 0 Å². The Kier molecular flexibility index (Phi) is 3.65. The minimum Gasteiger partial charge on any atom is -0.486 e. The van der Waals surface area contributed by atoms with E-state index in [0.29, 0.717) is 25.2 Å². The molecule has 1 atom stereocenters. The van der Waals surface area contributed by atoms with E-state index in [9.17, 15) is 0 Å². The Bertz CT molecular complexity index is 450. The molecular weight excluding hydrogens is 238 g/mol. The second-order valence-corrected chi connectivity index (χ2v) is 5.78. The molecule has 0 bridgehead atoms. The van der Waals surface area contributed by atoms with Crippen molar-refractivity contribution in [1.82, 2.24) is 5.32 Å². The highest BCUT2D eigenvalue weighted by Crippen LogP contribution is 2.39. The second-order valence-electron chi connectivity index (χ2n) is 5.78. The lowest BCUT2D eigenvalue weighted by Crippen LogP contribution is -2.28. The lowest BCUT2D eigenvalue weighted by Gasteiger charge is -2.29. The fourth-order valence-electron chi connectivity index (χ4n) is 3.04. The Morgan fingerprint density at radius 3 is 2.47 bits per heavy atom. The number of hydrogen-bond acceptors (Lipinski definition) is 3. The Labute approximate surface area is 115 Å². The topological polar surface area (TPSA) is 30.5 Å². The van der Waals surface area contributed by atoms with Gasteiger partial charge in [-0.3, -0.25) is 0 Å². The highest BCUT2D eigenvalue weighted by molar-refractivity contribution is 5.50. The average Bonchev–Trinajstić information content (AvgIpc) is 2.46. The Hall–Kier alpha value is -1.22. The Morgan fingerprint density at radius 1 is 1.11 bits per heavy atom. The van der Waals surface area contributed by atoms with Gasteiger partial charge in [-0.05, 0) is 48.6 Å². The molecule has 1 unspecified atom stereocenters. The predicted molar refractivity (Wildman–Crippen MR) is 76.1 cm³/mol. The van der Waals surface area contributed by atoms with Crippen LogP contribution >= 0.6 is 0 Å². The van der Waals surface area contributed by atoms with E-state index in [-0.39, 0.29) is 0 Å². The third kappa shape index (κ3) is 2.57. The van der Waals surface area contributed by atoms with Crippen molar-refractivity contribution in [2.75, 3.05) is 19.8 Å². The number of piperidine rings is 1. The number of ether oxygens (including phenoxy) is 2. The van der Waals surface area contributed by atoms with Crippen molar-refractivity contribution in [1.29, 1.82) is 0 Å². The molecule has 0 amide bonds. The summed E-state index contributed by atoms with van der Waals surface area (Å²) in [4.78, 5) is 0. The fourth-order valence-corrected chi connectivity index (χ4v) is 3.04. The van der Waals surface area contributed by atoms with Gasteiger partial charge < -0.3 is 14.8 Å². The van der Waals surface area contributed by atoms with Gasteiger partial charge in [-0.2, -0.15) is 0 Å². The van der Waals surface area contributed by atoms with E-state index in [1.165, 1.54) is 30.4 Å². The molecule has 0 aliphatic carbocycles. The van der Waals surface area contributed by atoms with Gasteiger partial charge in [0.05, 0.1) is 0 Å². The van der Waals surface area contributed by atoms with E-state index in [1.807, 2.05) is 0 Å². The lowest BCUT2D eigenvalue weighted by molar-refractivity contribution is 0.171. The van der Waals surface area contributed by atoms with Gasteiger partial charge in [-0.25, -0.2) is 0 Å². The van der Waals surface area contributed by atoms with Gasteiger partial charge in [0.2, 0.25) is 0 Å². The highest BCUT2D eigenvalue weighted by atomic mass is 16.6. The van der Waals surface area contributed by atoms with Crippen molar-refractivity contribution in [3.8, 4) is 11.5 Å². The number of hydrogen-bond donors (Lipinski definition) is 1. The summed E-state index contributed by atoms with van der Waals surface area (Å²) in [5.41, 5.74) is 2.79. The number of nitrogens with one attached hydrogen (secondary N) is 1. The molecule has 3 heteroatoms. The van der Waals surface area contributed by atoms with Crippen LogP contribution in [0.3, 0.4) is 0 Å². The lowest BCUT2D eigenvalue weighted by atomic mass is 9.88. The summed E-state index contributed by atoms with van der Waals surface area (Å²) in [6, 6.07) is 4.86. The summed E-state index contributed by atoms with van der Waals surface area (Å²) in [7, 11) is 0. The van der Waals surface area contributed by atoms with Crippen molar-refractivity contribution in [3.05, 3.63) is 23.3 Å². The molecule has 1 aromatic carbocycles. The third-order valence-electron chi connectivity index (χ3n) is 4.06. The van der Waals surface area contributed by atoms with Crippen molar-refractivity contribution in [2.45, 2.75) is 45.1 Å². The standard InChI is InChI=1S/C16H23NO2/c1-11(2)12-9-15-16(19-8-7-18-15)10-13(12)14-5-3-4-6-17-14/h9-11,14,17H,3-8H2,1-2H3. The van der Waals surface area contributed by atoms with Crippen LogP contribution in [0.2, 0.25) is 0 Å². The summed E-state index contributed by atoms with van der Waals surface area (Å²) in [5.74, 6) is 2.34. The molecule has 0 aromatic heterocycles. The van der Waals surface area contributed by atoms with Crippen LogP contribution in [0.4, 0.5) is 0 Å². The summed E-state index contributed by atoms with van der Waals surface area (Å²) < 4.78 is 11.4. The summed E-state index contributed by atoms with van der Waals surface area (Å²) >= 11 is 0. The number of rotatable bonds is 2. The zero-order valence-corrected chi connectivity index (χ0v) is 11.9. The zero-order valence-electron chi connectivity index (χ0n) is 11.9. The van der Waals surface area contributed by atoms with Crippen molar-refractivity contribution in [2.24, 2.45) is 0 Å². The molecule has 3 rings (SSSR count). The second kappa shape index (κ2) is 5.41. The highest BCUT2D eigenvalue weighted by Gasteiger charge is 2.23. The Balaban J connectivity index is 2.00. The largest absolute Gasteiger partial charge is 0.486 e. The van der Waals surface area contributed by atoms with Gasteiger partial charge in [-0.1, -0.05) is 20.3 Å².